The summed E-state index contributed by atoms with van der Waals surface area (Å²) in [4.78, 5) is 16.6. The van der Waals surface area contributed by atoms with E-state index >= 15 is 0 Å². The van der Waals surface area contributed by atoms with Gasteiger partial charge in [0.25, 0.3) is 10.0 Å². The van der Waals surface area contributed by atoms with Crippen molar-refractivity contribution >= 4 is 16.0 Å². The molecule has 1 aliphatic heterocycles. The summed E-state index contributed by atoms with van der Waals surface area (Å²) in [5.41, 5.74) is -0.0282. The lowest BCUT2D eigenvalue weighted by atomic mass is 10.3. The van der Waals surface area contributed by atoms with Crippen LogP contribution in [0, 0.1) is 0 Å². The smallest absolute Gasteiger partial charge is 0.337 e. The lowest BCUT2D eigenvalue weighted by molar-refractivity contribution is 0.0696. The molecular formula is C12H17N3O4S. The van der Waals surface area contributed by atoms with E-state index in [1.54, 1.807) is 0 Å². The second-order valence-electron chi connectivity index (χ2n) is 4.75. The van der Waals surface area contributed by atoms with Gasteiger partial charge in [-0.1, -0.05) is 0 Å². The summed E-state index contributed by atoms with van der Waals surface area (Å²) in [5, 5.41) is 8.68. The molecule has 0 aromatic carbocycles. The van der Waals surface area contributed by atoms with Gasteiger partial charge in [0.1, 0.15) is 0 Å². The number of hydrogen-bond donors (Lipinski definition) is 1. The van der Waals surface area contributed by atoms with Gasteiger partial charge in [-0.15, -0.1) is 0 Å². The lowest BCUT2D eigenvalue weighted by Crippen LogP contribution is -2.35. The van der Waals surface area contributed by atoms with Crippen molar-refractivity contribution in [1.29, 1.82) is 0 Å². The summed E-state index contributed by atoms with van der Waals surface area (Å²) >= 11 is 0. The van der Waals surface area contributed by atoms with Crippen LogP contribution >= 0.6 is 0 Å². The maximum Gasteiger partial charge on any atom is 0.337 e. The van der Waals surface area contributed by atoms with Crippen molar-refractivity contribution in [3.05, 3.63) is 23.9 Å². The lowest BCUT2D eigenvalue weighted by Gasteiger charge is -2.19. The van der Waals surface area contributed by atoms with Gasteiger partial charge in [0.2, 0.25) is 0 Å². The minimum Gasteiger partial charge on any atom is -0.478 e. The van der Waals surface area contributed by atoms with Crippen molar-refractivity contribution in [2.45, 2.75) is 11.4 Å². The van der Waals surface area contributed by atoms with E-state index in [4.69, 9.17) is 5.11 Å². The number of aromatic carboxylic acids is 1. The quantitative estimate of drug-likeness (QED) is 0.851. The number of carboxylic acid groups (broad SMARTS) is 1. The van der Waals surface area contributed by atoms with Gasteiger partial charge in [0.05, 0.1) is 5.56 Å². The number of sulfonamides is 1. The van der Waals surface area contributed by atoms with Crippen molar-refractivity contribution in [2.75, 3.05) is 33.2 Å². The first-order valence-corrected chi connectivity index (χ1v) is 7.73. The van der Waals surface area contributed by atoms with E-state index in [1.807, 2.05) is 7.05 Å². The highest BCUT2D eigenvalue weighted by molar-refractivity contribution is 7.89. The highest BCUT2D eigenvalue weighted by Crippen LogP contribution is 2.15. The van der Waals surface area contributed by atoms with Crippen molar-refractivity contribution in [3.8, 4) is 0 Å². The van der Waals surface area contributed by atoms with Gasteiger partial charge >= 0.3 is 5.97 Å². The van der Waals surface area contributed by atoms with Crippen LogP contribution in [0.25, 0.3) is 0 Å². The van der Waals surface area contributed by atoms with Crippen molar-refractivity contribution in [1.82, 2.24) is 14.2 Å². The molecule has 0 aliphatic carbocycles. The van der Waals surface area contributed by atoms with Crippen LogP contribution in [-0.4, -0.2) is 66.9 Å². The summed E-state index contributed by atoms with van der Waals surface area (Å²) in [6, 6.07) is 2.50. The fourth-order valence-electron chi connectivity index (χ4n) is 2.05. The molecule has 1 aliphatic rings. The number of carbonyl (C=O) groups is 1. The van der Waals surface area contributed by atoms with E-state index in [0.717, 1.165) is 19.2 Å². The van der Waals surface area contributed by atoms with Crippen LogP contribution in [0.3, 0.4) is 0 Å². The molecule has 1 aromatic heterocycles. The Hall–Kier alpha value is -1.51. The SMILES string of the molecule is CN1CCCN(S(=O)(=O)c2ccc(C(=O)O)cn2)CC1. The average Bonchev–Trinajstić information content (AvgIpc) is 2.64. The zero-order valence-corrected chi connectivity index (χ0v) is 12.0. The number of pyridine rings is 1. The Morgan fingerprint density at radius 3 is 2.60 bits per heavy atom. The summed E-state index contributed by atoms with van der Waals surface area (Å²) < 4.78 is 26.3. The van der Waals surface area contributed by atoms with Crippen LogP contribution in [0.5, 0.6) is 0 Å². The second kappa shape index (κ2) is 5.86. The summed E-state index contributed by atoms with van der Waals surface area (Å²) in [7, 11) is -1.69. The second-order valence-corrected chi connectivity index (χ2v) is 6.64. The minimum absolute atomic E-state index is 0.0282. The topological polar surface area (TPSA) is 90.8 Å². The third-order valence-corrected chi connectivity index (χ3v) is 5.08. The molecule has 0 saturated carbocycles. The maximum atomic E-state index is 12.4. The van der Waals surface area contributed by atoms with Gasteiger partial charge in [0.15, 0.2) is 5.03 Å². The number of carboxylic acids is 1. The first-order chi connectivity index (χ1) is 9.41. The molecule has 110 valence electrons. The summed E-state index contributed by atoms with van der Waals surface area (Å²) in [6.07, 6.45) is 1.84. The van der Waals surface area contributed by atoms with Crippen molar-refractivity contribution in [3.63, 3.8) is 0 Å². The molecular weight excluding hydrogens is 282 g/mol. The molecule has 1 N–H and O–H groups in total. The van der Waals surface area contributed by atoms with Gasteiger partial charge in [-0.25, -0.2) is 18.2 Å². The van der Waals surface area contributed by atoms with Crippen LogP contribution in [-0.2, 0) is 10.0 Å². The van der Waals surface area contributed by atoms with E-state index in [-0.39, 0.29) is 10.6 Å². The molecule has 8 heteroatoms. The Balaban J connectivity index is 2.23. The van der Waals surface area contributed by atoms with Crippen molar-refractivity contribution < 1.29 is 18.3 Å². The van der Waals surface area contributed by atoms with Crippen LogP contribution in [0.1, 0.15) is 16.8 Å². The van der Waals surface area contributed by atoms with E-state index < -0.39 is 16.0 Å². The number of likely N-dealkylation sites (N-methyl/N-ethyl adjacent to an activating group) is 1. The Morgan fingerprint density at radius 1 is 1.25 bits per heavy atom. The minimum atomic E-state index is -3.65. The molecule has 2 heterocycles. The third kappa shape index (κ3) is 3.14. The van der Waals surface area contributed by atoms with Gasteiger partial charge in [-0.05, 0) is 32.1 Å². The zero-order valence-electron chi connectivity index (χ0n) is 11.2. The first-order valence-electron chi connectivity index (χ1n) is 6.29. The largest absolute Gasteiger partial charge is 0.478 e. The van der Waals surface area contributed by atoms with Crippen LogP contribution in [0.4, 0.5) is 0 Å². The Morgan fingerprint density at radius 2 is 2.00 bits per heavy atom. The maximum absolute atomic E-state index is 12.4. The highest BCUT2D eigenvalue weighted by Gasteiger charge is 2.27. The summed E-state index contributed by atoms with van der Waals surface area (Å²) in [6.45, 7) is 2.40. The molecule has 0 spiro atoms. The number of hydrogen-bond acceptors (Lipinski definition) is 5. The molecule has 1 aromatic rings. The van der Waals surface area contributed by atoms with E-state index in [9.17, 15) is 13.2 Å². The predicted molar refractivity (Wildman–Crippen MR) is 72.1 cm³/mol. The number of aromatic nitrogens is 1. The molecule has 20 heavy (non-hydrogen) atoms. The molecule has 2 rings (SSSR count). The van der Waals surface area contributed by atoms with Gasteiger partial charge in [0, 0.05) is 25.8 Å². The van der Waals surface area contributed by atoms with Crippen molar-refractivity contribution in [2.24, 2.45) is 0 Å². The number of rotatable bonds is 3. The fraction of sp³-hybridized carbons (Fsp3) is 0.500. The molecule has 0 amide bonds. The molecule has 0 unspecified atom stereocenters. The molecule has 1 saturated heterocycles. The molecule has 0 bridgehead atoms. The van der Waals surface area contributed by atoms with Gasteiger partial charge < -0.3 is 10.0 Å². The van der Waals surface area contributed by atoms with E-state index in [0.29, 0.717) is 19.6 Å². The predicted octanol–water partition coefficient (Wildman–Crippen LogP) is 0.106. The molecule has 7 nitrogen and oxygen atoms in total. The molecule has 0 radical (unpaired) electrons. The van der Waals surface area contributed by atoms with Gasteiger partial charge in [-0.2, -0.15) is 4.31 Å². The van der Waals surface area contributed by atoms with E-state index in [2.05, 4.69) is 9.88 Å². The normalized spacial score (nSPS) is 18.6. The van der Waals surface area contributed by atoms with Crippen LogP contribution < -0.4 is 0 Å². The van der Waals surface area contributed by atoms with E-state index in [1.165, 1.54) is 16.4 Å². The highest BCUT2D eigenvalue weighted by atomic mass is 32.2. The Bertz CT molecular complexity index is 585. The Kier molecular flexibility index (Phi) is 4.36. The van der Waals surface area contributed by atoms with Crippen LogP contribution in [0.15, 0.2) is 23.4 Å². The average molecular weight is 299 g/mol. The first kappa shape index (κ1) is 14.9. The standard InChI is InChI=1S/C12H17N3O4S/c1-14-5-2-6-15(8-7-14)20(18,19)11-4-3-10(9-13-11)12(16)17/h3-4,9H,2,5-8H2,1H3,(H,16,17). The summed E-state index contributed by atoms with van der Waals surface area (Å²) in [5.74, 6) is -1.13. The third-order valence-electron chi connectivity index (χ3n) is 3.27. The Labute approximate surface area is 117 Å². The monoisotopic (exact) mass is 299 g/mol. The zero-order chi connectivity index (χ0) is 14.8. The van der Waals surface area contributed by atoms with Crippen LogP contribution in [0.2, 0.25) is 0 Å². The molecule has 0 atom stereocenters. The molecule has 1 fully saturated rings. The fourth-order valence-corrected chi connectivity index (χ4v) is 3.44. The number of nitrogens with zero attached hydrogens (tertiary/aromatic N) is 3. The van der Waals surface area contributed by atoms with Gasteiger partial charge in [-0.3, -0.25) is 0 Å².